The lowest BCUT2D eigenvalue weighted by Gasteiger charge is -2.24. The van der Waals surface area contributed by atoms with Gasteiger partial charge < -0.3 is 14.0 Å². The van der Waals surface area contributed by atoms with E-state index in [9.17, 15) is 0 Å². The van der Waals surface area contributed by atoms with Crippen LogP contribution in [0.15, 0.2) is 12.1 Å². The highest BCUT2D eigenvalue weighted by Crippen LogP contribution is 2.31. The number of nitrogens with zero attached hydrogens (tertiary/aromatic N) is 3. The number of hydrogen-bond donors (Lipinski definition) is 0. The summed E-state index contributed by atoms with van der Waals surface area (Å²) in [5, 5.41) is -0.205. The van der Waals surface area contributed by atoms with Crippen molar-refractivity contribution in [2.75, 3.05) is 20.8 Å². The smallest absolute Gasteiger partial charge is 0.215 e. The van der Waals surface area contributed by atoms with Gasteiger partial charge >= 0.3 is 0 Å². The van der Waals surface area contributed by atoms with Crippen molar-refractivity contribution in [1.82, 2.24) is 14.5 Å². The topological polar surface area (TPSA) is 49.2 Å². The third-order valence-corrected chi connectivity index (χ3v) is 3.74. The first-order chi connectivity index (χ1) is 9.99. The SMILES string of the molecule is COCC(C(C)C)n1c(C(C)Cl)nc2ccc(OC)nc21. The fraction of sp³-hybridized carbons (Fsp3) is 0.600. The molecule has 2 rings (SSSR count). The number of imidazole rings is 1. The molecular formula is C15H22ClN3O2. The maximum absolute atomic E-state index is 6.32. The van der Waals surface area contributed by atoms with Crippen LogP contribution in [-0.4, -0.2) is 35.4 Å². The zero-order chi connectivity index (χ0) is 15.6. The van der Waals surface area contributed by atoms with Gasteiger partial charge in [-0.15, -0.1) is 11.6 Å². The molecule has 0 bridgehead atoms. The Morgan fingerprint density at radius 3 is 2.43 bits per heavy atom. The van der Waals surface area contributed by atoms with Crippen LogP contribution in [0.5, 0.6) is 5.88 Å². The van der Waals surface area contributed by atoms with Crippen LogP contribution in [0.4, 0.5) is 0 Å². The van der Waals surface area contributed by atoms with Crippen molar-refractivity contribution in [2.45, 2.75) is 32.2 Å². The van der Waals surface area contributed by atoms with E-state index in [4.69, 9.17) is 21.1 Å². The van der Waals surface area contributed by atoms with E-state index in [2.05, 4.69) is 28.4 Å². The van der Waals surface area contributed by atoms with Crippen LogP contribution in [0.25, 0.3) is 11.2 Å². The summed E-state index contributed by atoms with van der Waals surface area (Å²) in [6.07, 6.45) is 0. The number of methoxy groups -OCH3 is 2. The fourth-order valence-corrected chi connectivity index (χ4v) is 2.59. The van der Waals surface area contributed by atoms with Gasteiger partial charge in [0.1, 0.15) is 11.3 Å². The van der Waals surface area contributed by atoms with Crippen molar-refractivity contribution >= 4 is 22.8 Å². The van der Waals surface area contributed by atoms with Crippen molar-refractivity contribution in [2.24, 2.45) is 5.92 Å². The molecule has 6 heteroatoms. The molecule has 0 saturated carbocycles. The second-order valence-electron chi connectivity index (χ2n) is 5.42. The van der Waals surface area contributed by atoms with Gasteiger partial charge in [0.2, 0.25) is 5.88 Å². The molecule has 0 fully saturated rings. The van der Waals surface area contributed by atoms with Gasteiger partial charge in [0, 0.05) is 13.2 Å². The van der Waals surface area contributed by atoms with Crippen LogP contribution >= 0.6 is 11.6 Å². The summed E-state index contributed by atoms with van der Waals surface area (Å²) in [6.45, 7) is 6.80. The summed E-state index contributed by atoms with van der Waals surface area (Å²) in [6, 6.07) is 3.84. The summed E-state index contributed by atoms with van der Waals surface area (Å²) in [5.74, 6) is 1.74. The molecule has 116 valence electrons. The maximum atomic E-state index is 6.32. The van der Waals surface area contributed by atoms with Crippen molar-refractivity contribution in [3.63, 3.8) is 0 Å². The number of pyridine rings is 1. The highest BCUT2D eigenvalue weighted by molar-refractivity contribution is 6.20. The Balaban J connectivity index is 2.68. The number of hydrogen-bond acceptors (Lipinski definition) is 4. The molecule has 5 nitrogen and oxygen atoms in total. The minimum Gasteiger partial charge on any atom is -0.481 e. The van der Waals surface area contributed by atoms with Gasteiger partial charge in [-0.05, 0) is 18.9 Å². The second kappa shape index (κ2) is 6.62. The first-order valence-electron chi connectivity index (χ1n) is 7.05. The molecule has 21 heavy (non-hydrogen) atoms. The number of rotatable bonds is 6. The monoisotopic (exact) mass is 311 g/mol. The van der Waals surface area contributed by atoms with Crippen molar-refractivity contribution in [1.29, 1.82) is 0 Å². The molecule has 2 aromatic rings. The van der Waals surface area contributed by atoms with Gasteiger partial charge in [0.05, 0.1) is 25.1 Å². The van der Waals surface area contributed by atoms with Crippen molar-refractivity contribution < 1.29 is 9.47 Å². The predicted molar refractivity (Wildman–Crippen MR) is 84.1 cm³/mol. The molecule has 2 unspecified atom stereocenters. The molecule has 0 aliphatic heterocycles. The summed E-state index contributed by atoms with van der Waals surface area (Å²) in [4.78, 5) is 9.18. The Hall–Kier alpha value is -1.33. The molecule has 0 aromatic carbocycles. The highest BCUT2D eigenvalue weighted by atomic mass is 35.5. The standard InChI is InChI=1S/C15H22ClN3O2/c1-9(2)12(8-20-4)19-14(10(3)16)17-11-6-7-13(21-5)18-15(11)19/h6-7,9-10,12H,8H2,1-5H3. The van der Waals surface area contributed by atoms with Crippen LogP contribution in [-0.2, 0) is 4.74 Å². The van der Waals surface area contributed by atoms with E-state index in [1.807, 2.05) is 19.1 Å². The number of aromatic nitrogens is 3. The lowest BCUT2D eigenvalue weighted by molar-refractivity contribution is 0.133. The molecule has 0 N–H and O–H groups in total. The molecule has 0 spiro atoms. The first kappa shape index (κ1) is 16.0. The average molecular weight is 312 g/mol. The summed E-state index contributed by atoms with van der Waals surface area (Å²) >= 11 is 6.32. The second-order valence-corrected chi connectivity index (χ2v) is 6.07. The Bertz CT molecular complexity index is 610. The molecule has 0 saturated heterocycles. The molecule has 0 amide bonds. The van der Waals surface area contributed by atoms with E-state index in [-0.39, 0.29) is 11.4 Å². The minimum absolute atomic E-state index is 0.121. The number of ether oxygens (including phenoxy) is 2. The van der Waals surface area contributed by atoms with Gasteiger partial charge in [0.25, 0.3) is 0 Å². The molecule has 0 radical (unpaired) electrons. The van der Waals surface area contributed by atoms with Crippen molar-refractivity contribution in [3.8, 4) is 5.88 Å². The van der Waals surface area contributed by atoms with Gasteiger partial charge in [-0.25, -0.2) is 4.98 Å². The van der Waals surface area contributed by atoms with E-state index in [0.717, 1.165) is 17.0 Å². The van der Waals surface area contributed by atoms with Crippen LogP contribution in [0.1, 0.15) is 38.0 Å². The lowest BCUT2D eigenvalue weighted by atomic mass is 10.0. The first-order valence-corrected chi connectivity index (χ1v) is 7.49. The molecule has 2 heterocycles. The Morgan fingerprint density at radius 2 is 1.90 bits per heavy atom. The third kappa shape index (κ3) is 3.14. The molecule has 0 aliphatic carbocycles. The van der Waals surface area contributed by atoms with Gasteiger partial charge in [-0.2, -0.15) is 4.98 Å². The third-order valence-electron chi connectivity index (χ3n) is 3.54. The Kier molecular flexibility index (Phi) is 5.06. The van der Waals surface area contributed by atoms with Gasteiger partial charge in [-0.1, -0.05) is 13.8 Å². The fourth-order valence-electron chi connectivity index (χ4n) is 2.43. The molecule has 0 aliphatic rings. The van der Waals surface area contributed by atoms with Crippen LogP contribution in [0, 0.1) is 5.92 Å². The Morgan fingerprint density at radius 1 is 1.19 bits per heavy atom. The predicted octanol–water partition coefficient (Wildman–Crippen LogP) is 3.58. The Labute approximate surface area is 130 Å². The van der Waals surface area contributed by atoms with Gasteiger partial charge in [-0.3, -0.25) is 0 Å². The summed E-state index contributed by atoms with van der Waals surface area (Å²) in [5.41, 5.74) is 1.60. The van der Waals surface area contributed by atoms with Crippen LogP contribution < -0.4 is 4.74 Å². The number of halogens is 1. The molecule has 2 atom stereocenters. The zero-order valence-electron chi connectivity index (χ0n) is 13.1. The van der Waals surface area contributed by atoms with E-state index in [1.54, 1.807) is 14.2 Å². The largest absolute Gasteiger partial charge is 0.481 e. The maximum Gasteiger partial charge on any atom is 0.215 e. The zero-order valence-corrected chi connectivity index (χ0v) is 13.9. The van der Waals surface area contributed by atoms with Gasteiger partial charge in [0.15, 0.2) is 5.65 Å². The minimum atomic E-state index is -0.205. The van der Waals surface area contributed by atoms with E-state index in [0.29, 0.717) is 18.4 Å². The highest BCUT2D eigenvalue weighted by Gasteiger charge is 2.25. The van der Waals surface area contributed by atoms with E-state index in [1.165, 1.54) is 0 Å². The molecular weight excluding hydrogens is 290 g/mol. The van der Waals surface area contributed by atoms with E-state index >= 15 is 0 Å². The average Bonchev–Trinajstić information content (AvgIpc) is 2.82. The van der Waals surface area contributed by atoms with Crippen LogP contribution in [0.3, 0.4) is 0 Å². The summed E-state index contributed by atoms with van der Waals surface area (Å²) < 4.78 is 12.7. The summed E-state index contributed by atoms with van der Waals surface area (Å²) in [7, 11) is 3.31. The van der Waals surface area contributed by atoms with Crippen molar-refractivity contribution in [3.05, 3.63) is 18.0 Å². The lowest BCUT2D eigenvalue weighted by Crippen LogP contribution is -2.23. The van der Waals surface area contributed by atoms with E-state index < -0.39 is 0 Å². The normalized spacial score (nSPS) is 14.6. The number of fused-ring (bicyclic) bond motifs is 1. The molecule has 2 aromatic heterocycles. The quantitative estimate of drug-likeness (QED) is 0.765. The van der Waals surface area contributed by atoms with Crippen LogP contribution in [0.2, 0.25) is 0 Å². The number of alkyl halides is 1.